The molecule has 3 nitrogen and oxygen atoms in total. The third kappa shape index (κ3) is 3.83. The summed E-state index contributed by atoms with van der Waals surface area (Å²) in [4.78, 5) is 14.6. The molecule has 1 aliphatic rings. The molecular weight excluding hydrogens is 248 g/mol. The lowest BCUT2D eigenvalue weighted by Crippen LogP contribution is -2.45. The molecule has 0 saturated carbocycles. The van der Waals surface area contributed by atoms with Crippen LogP contribution < -0.4 is 5.32 Å². The predicted molar refractivity (Wildman–Crippen MR) is 82.8 cm³/mol. The Labute approximate surface area is 122 Å². The zero-order valence-corrected chi connectivity index (χ0v) is 12.6. The normalized spacial score (nSPS) is 20.4. The molecule has 110 valence electrons. The van der Waals surface area contributed by atoms with Crippen molar-refractivity contribution in [3.05, 3.63) is 35.9 Å². The van der Waals surface area contributed by atoms with E-state index in [2.05, 4.69) is 24.4 Å². The van der Waals surface area contributed by atoms with Gasteiger partial charge in [-0.2, -0.15) is 0 Å². The Bertz CT molecular complexity index is 412. The van der Waals surface area contributed by atoms with Gasteiger partial charge in [-0.25, -0.2) is 0 Å². The SMILES string of the molecule is CCC(C(=O)N(C)CC1CCCCN1)c1ccccc1. The number of hydrogen-bond donors (Lipinski definition) is 1. The van der Waals surface area contributed by atoms with Crippen molar-refractivity contribution in [2.24, 2.45) is 0 Å². The highest BCUT2D eigenvalue weighted by molar-refractivity contribution is 5.83. The van der Waals surface area contributed by atoms with Gasteiger partial charge in [-0.3, -0.25) is 4.79 Å². The summed E-state index contributed by atoms with van der Waals surface area (Å²) in [5.74, 6) is 0.232. The van der Waals surface area contributed by atoms with Crippen molar-refractivity contribution in [3.8, 4) is 0 Å². The number of nitrogens with one attached hydrogen (secondary N) is 1. The van der Waals surface area contributed by atoms with Crippen LogP contribution in [0, 0.1) is 0 Å². The lowest BCUT2D eigenvalue weighted by atomic mass is 9.94. The molecule has 2 atom stereocenters. The molecule has 1 aliphatic heterocycles. The lowest BCUT2D eigenvalue weighted by molar-refractivity contribution is -0.132. The minimum atomic E-state index is -0.00945. The first kappa shape index (κ1) is 15.0. The highest BCUT2D eigenvalue weighted by Gasteiger charge is 2.24. The first-order valence-corrected chi connectivity index (χ1v) is 7.75. The van der Waals surface area contributed by atoms with Crippen LogP contribution in [0.4, 0.5) is 0 Å². The third-order valence-electron chi connectivity index (χ3n) is 4.19. The van der Waals surface area contributed by atoms with E-state index in [-0.39, 0.29) is 11.8 Å². The second-order valence-electron chi connectivity index (χ2n) is 5.74. The maximum absolute atomic E-state index is 12.6. The number of carbonyl (C=O) groups is 1. The third-order valence-corrected chi connectivity index (χ3v) is 4.19. The minimum absolute atomic E-state index is 0.00945. The van der Waals surface area contributed by atoms with Crippen LogP contribution in [0.5, 0.6) is 0 Å². The fourth-order valence-corrected chi connectivity index (χ4v) is 3.00. The van der Waals surface area contributed by atoms with Crippen LogP contribution in [0.15, 0.2) is 30.3 Å². The van der Waals surface area contributed by atoms with Crippen LogP contribution in [0.3, 0.4) is 0 Å². The molecule has 0 spiro atoms. The second kappa shape index (κ2) is 7.44. The molecule has 1 aromatic carbocycles. The molecule has 1 aromatic rings. The van der Waals surface area contributed by atoms with Crippen molar-refractivity contribution >= 4 is 5.91 Å². The van der Waals surface area contributed by atoms with Gasteiger partial charge >= 0.3 is 0 Å². The number of likely N-dealkylation sites (N-methyl/N-ethyl adjacent to an activating group) is 1. The van der Waals surface area contributed by atoms with Gasteiger partial charge in [0.25, 0.3) is 0 Å². The number of amides is 1. The highest BCUT2D eigenvalue weighted by atomic mass is 16.2. The molecule has 1 amide bonds. The lowest BCUT2D eigenvalue weighted by Gasteiger charge is -2.30. The Hall–Kier alpha value is -1.35. The van der Waals surface area contributed by atoms with Crippen molar-refractivity contribution in [2.45, 2.75) is 44.6 Å². The highest BCUT2D eigenvalue weighted by Crippen LogP contribution is 2.22. The summed E-state index contributed by atoms with van der Waals surface area (Å²) in [5.41, 5.74) is 1.13. The number of hydrogen-bond acceptors (Lipinski definition) is 2. The van der Waals surface area contributed by atoms with Crippen LogP contribution in [-0.4, -0.2) is 37.0 Å². The van der Waals surface area contributed by atoms with Crippen molar-refractivity contribution < 1.29 is 4.79 Å². The van der Waals surface area contributed by atoms with E-state index in [1.807, 2.05) is 30.1 Å². The fourth-order valence-electron chi connectivity index (χ4n) is 3.00. The fraction of sp³-hybridized carbons (Fsp3) is 0.588. The summed E-state index contributed by atoms with van der Waals surface area (Å²) < 4.78 is 0. The van der Waals surface area contributed by atoms with Crippen LogP contribution in [0.25, 0.3) is 0 Å². The monoisotopic (exact) mass is 274 g/mol. The van der Waals surface area contributed by atoms with E-state index >= 15 is 0 Å². The predicted octanol–water partition coefficient (Wildman–Crippen LogP) is 2.78. The maximum Gasteiger partial charge on any atom is 0.229 e. The molecule has 0 radical (unpaired) electrons. The van der Waals surface area contributed by atoms with Crippen LogP contribution in [-0.2, 0) is 4.79 Å². The van der Waals surface area contributed by atoms with Crippen LogP contribution in [0.2, 0.25) is 0 Å². The number of piperidine rings is 1. The summed E-state index contributed by atoms with van der Waals surface area (Å²) in [6.07, 6.45) is 4.57. The maximum atomic E-state index is 12.6. The molecule has 0 aliphatic carbocycles. The topological polar surface area (TPSA) is 32.3 Å². The van der Waals surface area contributed by atoms with Gasteiger partial charge < -0.3 is 10.2 Å². The van der Waals surface area contributed by atoms with Gasteiger partial charge in [0.05, 0.1) is 5.92 Å². The van der Waals surface area contributed by atoms with E-state index in [0.29, 0.717) is 6.04 Å². The molecule has 1 heterocycles. The van der Waals surface area contributed by atoms with Crippen molar-refractivity contribution in [2.75, 3.05) is 20.1 Å². The van der Waals surface area contributed by atoms with Gasteiger partial charge in [0.1, 0.15) is 0 Å². The number of nitrogens with zero attached hydrogens (tertiary/aromatic N) is 1. The molecule has 20 heavy (non-hydrogen) atoms. The number of benzene rings is 1. The average molecular weight is 274 g/mol. The molecule has 3 heteroatoms. The zero-order chi connectivity index (χ0) is 14.4. The minimum Gasteiger partial charge on any atom is -0.344 e. The summed E-state index contributed by atoms with van der Waals surface area (Å²) >= 11 is 0. The summed E-state index contributed by atoms with van der Waals surface area (Å²) in [6.45, 7) is 3.99. The molecule has 0 bridgehead atoms. The summed E-state index contributed by atoms with van der Waals surface area (Å²) in [7, 11) is 1.93. The average Bonchev–Trinajstić information content (AvgIpc) is 2.50. The second-order valence-corrected chi connectivity index (χ2v) is 5.74. The molecule has 1 fully saturated rings. The van der Waals surface area contributed by atoms with E-state index in [0.717, 1.165) is 25.1 Å². The quantitative estimate of drug-likeness (QED) is 0.895. The van der Waals surface area contributed by atoms with E-state index in [9.17, 15) is 4.79 Å². The first-order valence-electron chi connectivity index (χ1n) is 7.75. The standard InChI is InChI=1S/C17H26N2O/c1-3-16(14-9-5-4-6-10-14)17(20)19(2)13-15-11-7-8-12-18-15/h4-6,9-10,15-16,18H,3,7-8,11-13H2,1-2H3. The Morgan fingerprint density at radius 1 is 1.35 bits per heavy atom. The largest absolute Gasteiger partial charge is 0.344 e. The van der Waals surface area contributed by atoms with Crippen molar-refractivity contribution in [3.63, 3.8) is 0 Å². The number of rotatable bonds is 5. The smallest absolute Gasteiger partial charge is 0.229 e. The molecule has 2 rings (SSSR count). The molecule has 1 saturated heterocycles. The van der Waals surface area contributed by atoms with E-state index < -0.39 is 0 Å². The number of carbonyl (C=O) groups excluding carboxylic acids is 1. The van der Waals surface area contributed by atoms with Crippen molar-refractivity contribution in [1.29, 1.82) is 0 Å². The zero-order valence-electron chi connectivity index (χ0n) is 12.6. The Morgan fingerprint density at radius 3 is 2.70 bits per heavy atom. The molecule has 0 aromatic heterocycles. The summed E-state index contributed by atoms with van der Waals surface area (Å²) in [6, 6.07) is 10.6. The van der Waals surface area contributed by atoms with Crippen molar-refractivity contribution in [1.82, 2.24) is 10.2 Å². The van der Waals surface area contributed by atoms with Gasteiger partial charge in [0.15, 0.2) is 0 Å². The van der Waals surface area contributed by atoms with Gasteiger partial charge in [-0.15, -0.1) is 0 Å². The van der Waals surface area contributed by atoms with Gasteiger partial charge in [-0.1, -0.05) is 43.7 Å². The van der Waals surface area contributed by atoms with E-state index in [1.54, 1.807) is 0 Å². The first-order chi connectivity index (χ1) is 9.72. The Balaban J connectivity index is 1.97. The van der Waals surface area contributed by atoms with Gasteiger partial charge in [0, 0.05) is 19.6 Å². The van der Waals surface area contributed by atoms with E-state index in [1.165, 1.54) is 19.3 Å². The van der Waals surface area contributed by atoms with Crippen LogP contribution in [0.1, 0.15) is 44.1 Å². The summed E-state index contributed by atoms with van der Waals surface area (Å²) in [5, 5.41) is 3.51. The van der Waals surface area contributed by atoms with Crippen LogP contribution >= 0.6 is 0 Å². The molecular formula is C17H26N2O. The molecule has 1 N–H and O–H groups in total. The Kier molecular flexibility index (Phi) is 5.60. The van der Waals surface area contributed by atoms with E-state index in [4.69, 9.17) is 0 Å². The van der Waals surface area contributed by atoms with Gasteiger partial charge in [-0.05, 0) is 31.4 Å². The van der Waals surface area contributed by atoms with Gasteiger partial charge in [0.2, 0.25) is 5.91 Å². The Morgan fingerprint density at radius 2 is 2.10 bits per heavy atom. The molecule has 2 unspecified atom stereocenters.